The zero-order chi connectivity index (χ0) is 13.5. The molecule has 2 aromatic rings. The van der Waals surface area contributed by atoms with Gasteiger partial charge >= 0.3 is 5.97 Å². The van der Waals surface area contributed by atoms with Crippen LogP contribution in [-0.2, 0) is 22.4 Å². The third-order valence-electron chi connectivity index (χ3n) is 4.08. The monoisotopic (exact) mass is 262 g/mol. The summed E-state index contributed by atoms with van der Waals surface area (Å²) in [5.41, 5.74) is 5.59. The summed E-state index contributed by atoms with van der Waals surface area (Å²) in [5, 5.41) is 0. The molecule has 20 heavy (non-hydrogen) atoms. The lowest BCUT2D eigenvalue weighted by Gasteiger charge is -2.15. The molecule has 0 amide bonds. The average molecular weight is 262 g/mol. The highest BCUT2D eigenvalue weighted by molar-refractivity contribution is 6.06. The standard InChI is InChI=1S/C18H14O2/c19-18-15-11-13-8-4-5-9-14(13)17(15)16(20-18)10-12-6-2-1-3-7-12/h1-9,16H,10-11H2. The fourth-order valence-electron chi connectivity index (χ4n) is 3.17. The van der Waals surface area contributed by atoms with Crippen LogP contribution in [0, 0.1) is 0 Å². The largest absolute Gasteiger partial charge is 0.454 e. The van der Waals surface area contributed by atoms with E-state index in [4.69, 9.17) is 4.74 Å². The zero-order valence-electron chi connectivity index (χ0n) is 11.0. The highest BCUT2D eigenvalue weighted by Crippen LogP contribution is 2.41. The maximum atomic E-state index is 12.0. The van der Waals surface area contributed by atoms with Gasteiger partial charge in [-0.25, -0.2) is 4.79 Å². The number of carbonyl (C=O) groups is 1. The van der Waals surface area contributed by atoms with Crippen molar-refractivity contribution in [1.82, 2.24) is 0 Å². The predicted molar refractivity (Wildman–Crippen MR) is 77.1 cm³/mol. The first-order valence-electron chi connectivity index (χ1n) is 6.89. The molecular weight excluding hydrogens is 248 g/mol. The van der Waals surface area contributed by atoms with E-state index < -0.39 is 0 Å². The lowest BCUT2D eigenvalue weighted by Crippen LogP contribution is -2.15. The van der Waals surface area contributed by atoms with Crippen molar-refractivity contribution in [2.24, 2.45) is 0 Å². The van der Waals surface area contributed by atoms with Gasteiger partial charge in [0.2, 0.25) is 0 Å². The number of carbonyl (C=O) groups excluding carboxylic acids is 1. The number of hydrogen-bond acceptors (Lipinski definition) is 2. The SMILES string of the molecule is O=C1OC(Cc2ccccc2)C2=C1Cc1ccccc12. The van der Waals surface area contributed by atoms with Gasteiger partial charge < -0.3 is 4.74 Å². The molecule has 4 rings (SSSR count). The lowest BCUT2D eigenvalue weighted by molar-refractivity contribution is -0.139. The summed E-state index contributed by atoms with van der Waals surface area (Å²) >= 11 is 0. The number of ether oxygens (including phenoxy) is 1. The lowest BCUT2D eigenvalue weighted by atomic mass is 9.96. The Hall–Kier alpha value is -2.35. The molecule has 0 saturated heterocycles. The summed E-state index contributed by atoms with van der Waals surface area (Å²) in [4.78, 5) is 12.0. The van der Waals surface area contributed by atoms with Crippen LogP contribution in [0.5, 0.6) is 0 Å². The Morgan fingerprint density at radius 3 is 2.60 bits per heavy atom. The van der Waals surface area contributed by atoms with Crippen molar-refractivity contribution in [3.63, 3.8) is 0 Å². The van der Waals surface area contributed by atoms with Gasteiger partial charge in [-0.2, -0.15) is 0 Å². The third kappa shape index (κ3) is 1.68. The topological polar surface area (TPSA) is 26.3 Å². The van der Waals surface area contributed by atoms with Gasteiger partial charge in [-0.3, -0.25) is 0 Å². The zero-order valence-corrected chi connectivity index (χ0v) is 11.0. The number of hydrogen-bond donors (Lipinski definition) is 0. The molecule has 0 aromatic heterocycles. The Morgan fingerprint density at radius 2 is 1.75 bits per heavy atom. The van der Waals surface area contributed by atoms with Gasteiger partial charge in [0.05, 0.1) is 0 Å². The van der Waals surface area contributed by atoms with E-state index in [1.807, 2.05) is 30.3 Å². The van der Waals surface area contributed by atoms with Crippen LogP contribution in [0.25, 0.3) is 5.57 Å². The van der Waals surface area contributed by atoms with Crippen LogP contribution in [0.3, 0.4) is 0 Å². The van der Waals surface area contributed by atoms with E-state index in [9.17, 15) is 4.79 Å². The van der Waals surface area contributed by atoms with E-state index in [1.165, 1.54) is 16.7 Å². The van der Waals surface area contributed by atoms with E-state index in [0.717, 1.165) is 24.0 Å². The van der Waals surface area contributed by atoms with E-state index in [1.54, 1.807) is 0 Å². The van der Waals surface area contributed by atoms with Crippen LogP contribution in [0.2, 0.25) is 0 Å². The smallest absolute Gasteiger partial charge is 0.335 e. The Morgan fingerprint density at radius 1 is 1.00 bits per heavy atom. The molecule has 1 atom stereocenters. The highest BCUT2D eigenvalue weighted by atomic mass is 16.5. The molecule has 98 valence electrons. The second-order valence-electron chi connectivity index (χ2n) is 5.31. The van der Waals surface area contributed by atoms with Gasteiger partial charge in [0.1, 0.15) is 6.10 Å². The molecule has 1 unspecified atom stereocenters. The molecule has 1 aliphatic heterocycles. The fourth-order valence-corrected chi connectivity index (χ4v) is 3.17. The molecule has 2 nitrogen and oxygen atoms in total. The Kier molecular flexibility index (Phi) is 2.49. The minimum atomic E-state index is -0.142. The minimum absolute atomic E-state index is 0.136. The maximum absolute atomic E-state index is 12.0. The van der Waals surface area contributed by atoms with Gasteiger partial charge in [-0.1, -0.05) is 54.6 Å². The van der Waals surface area contributed by atoms with Crippen molar-refractivity contribution < 1.29 is 9.53 Å². The van der Waals surface area contributed by atoms with Crippen molar-refractivity contribution >= 4 is 11.5 Å². The molecule has 0 saturated carbocycles. The molecule has 0 N–H and O–H groups in total. The minimum Gasteiger partial charge on any atom is -0.454 e. The van der Waals surface area contributed by atoms with Crippen molar-refractivity contribution in [3.05, 3.63) is 76.9 Å². The summed E-state index contributed by atoms with van der Waals surface area (Å²) in [6, 6.07) is 18.4. The Balaban J connectivity index is 1.72. The van der Waals surface area contributed by atoms with E-state index in [2.05, 4.69) is 24.3 Å². The van der Waals surface area contributed by atoms with Gasteiger partial charge in [0.25, 0.3) is 0 Å². The summed E-state index contributed by atoms with van der Waals surface area (Å²) in [7, 11) is 0. The number of cyclic esters (lactones) is 1. The van der Waals surface area contributed by atoms with Crippen molar-refractivity contribution in [2.75, 3.05) is 0 Å². The quantitative estimate of drug-likeness (QED) is 0.777. The first kappa shape index (κ1) is 11.5. The molecule has 0 fully saturated rings. The summed E-state index contributed by atoms with van der Waals surface area (Å²) in [5.74, 6) is -0.142. The number of fused-ring (bicyclic) bond motifs is 2. The molecular formula is C18H14O2. The van der Waals surface area contributed by atoms with Gasteiger partial charge in [0, 0.05) is 24.0 Å². The molecule has 2 aliphatic rings. The number of rotatable bonds is 2. The summed E-state index contributed by atoms with van der Waals surface area (Å²) in [6.07, 6.45) is 1.33. The van der Waals surface area contributed by atoms with E-state index in [0.29, 0.717) is 0 Å². The number of esters is 1. The van der Waals surface area contributed by atoms with Crippen molar-refractivity contribution in [2.45, 2.75) is 18.9 Å². The highest BCUT2D eigenvalue weighted by Gasteiger charge is 2.39. The molecule has 0 bridgehead atoms. The van der Waals surface area contributed by atoms with Gasteiger partial charge in [0.15, 0.2) is 0 Å². The summed E-state index contributed by atoms with van der Waals surface area (Å²) in [6.45, 7) is 0. The van der Waals surface area contributed by atoms with E-state index in [-0.39, 0.29) is 12.1 Å². The summed E-state index contributed by atoms with van der Waals surface area (Å²) < 4.78 is 5.58. The van der Waals surface area contributed by atoms with Crippen LogP contribution >= 0.6 is 0 Å². The fraction of sp³-hybridized carbons (Fsp3) is 0.167. The predicted octanol–water partition coefficient (Wildman–Crippen LogP) is 3.16. The Labute approximate surface area is 117 Å². The van der Waals surface area contributed by atoms with Gasteiger partial charge in [-0.05, 0) is 16.7 Å². The first-order chi connectivity index (χ1) is 9.83. The molecule has 1 heterocycles. The van der Waals surface area contributed by atoms with E-state index >= 15 is 0 Å². The second kappa shape index (κ2) is 4.34. The Bertz CT molecular complexity index is 713. The first-order valence-corrected chi connectivity index (χ1v) is 6.89. The normalized spacial score (nSPS) is 19.8. The molecule has 2 heteroatoms. The molecule has 1 aliphatic carbocycles. The van der Waals surface area contributed by atoms with Crippen molar-refractivity contribution in [1.29, 1.82) is 0 Å². The molecule has 2 aromatic carbocycles. The van der Waals surface area contributed by atoms with Crippen LogP contribution in [0.1, 0.15) is 16.7 Å². The number of benzene rings is 2. The van der Waals surface area contributed by atoms with Crippen LogP contribution < -0.4 is 0 Å². The van der Waals surface area contributed by atoms with Crippen LogP contribution in [0.4, 0.5) is 0 Å². The third-order valence-corrected chi connectivity index (χ3v) is 4.08. The average Bonchev–Trinajstić information content (AvgIpc) is 2.99. The molecule has 0 radical (unpaired) electrons. The van der Waals surface area contributed by atoms with Gasteiger partial charge in [-0.15, -0.1) is 0 Å². The molecule has 0 spiro atoms. The second-order valence-corrected chi connectivity index (χ2v) is 5.31. The maximum Gasteiger partial charge on any atom is 0.335 e. The van der Waals surface area contributed by atoms with Crippen molar-refractivity contribution in [3.8, 4) is 0 Å². The van der Waals surface area contributed by atoms with Crippen LogP contribution in [-0.4, -0.2) is 12.1 Å². The van der Waals surface area contributed by atoms with Crippen LogP contribution in [0.15, 0.2) is 60.2 Å².